The zero-order valence-electron chi connectivity index (χ0n) is 41.7. The number of benzene rings is 7. The lowest BCUT2D eigenvalue weighted by atomic mass is 9.70. The molecule has 13 rings (SSSR count). The average Bonchev–Trinajstić information content (AvgIpc) is 4.14. The van der Waals surface area contributed by atoms with Crippen LogP contribution in [0.2, 0.25) is 0 Å². The number of pyridine rings is 2. The summed E-state index contributed by atoms with van der Waals surface area (Å²) in [5.41, 5.74) is 16.9. The Morgan fingerprint density at radius 3 is 1.67 bits per heavy atom. The van der Waals surface area contributed by atoms with Gasteiger partial charge in [0, 0.05) is 45.7 Å². The third kappa shape index (κ3) is 6.39. The van der Waals surface area contributed by atoms with E-state index in [2.05, 4.69) is 193 Å². The third-order valence-corrected chi connectivity index (χ3v) is 15.1. The number of anilines is 6. The van der Waals surface area contributed by atoms with Gasteiger partial charge in [0.2, 0.25) is 0 Å². The molecule has 11 aromatic rings. The van der Waals surface area contributed by atoms with Crippen LogP contribution < -0.4 is 9.80 Å². The first-order chi connectivity index (χ1) is 34.7. The molecule has 2 aliphatic rings. The number of nitrogens with zero attached hydrogens (tertiary/aromatic N) is 4. The minimum Gasteiger partial charge on any atom is -0.464 e. The first-order valence-corrected chi connectivity index (χ1v) is 24.8. The second-order valence-electron chi connectivity index (χ2n) is 21.7. The molecule has 0 amide bonds. The molecule has 0 saturated carbocycles. The topological polar surface area (TPSA) is 58.5 Å². The normalized spacial score (nSPS) is 14.8. The number of hydrogen-bond acceptors (Lipinski definition) is 6. The minimum atomic E-state index is -1.05. The predicted molar refractivity (Wildman–Crippen MR) is 292 cm³/mol. The molecule has 6 nitrogen and oxygen atoms in total. The Bertz CT molecular complexity index is 3970. The maximum absolute atomic E-state index is 16.5. The summed E-state index contributed by atoms with van der Waals surface area (Å²) in [6.07, 6.45) is 5.63. The van der Waals surface area contributed by atoms with E-state index in [1.807, 2.05) is 30.6 Å². The first-order valence-electron chi connectivity index (χ1n) is 24.8. The molecule has 0 saturated heterocycles. The minimum absolute atomic E-state index is 0.0463. The van der Waals surface area contributed by atoms with Crippen molar-refractivity contribution in [1.82, 2.24) is 9.97 Å². The lowest BCUT2D eigenvalue weighted by Gasteiger charge is -2.33. The summed E-state index contributed by atoms with van der Waals surface area (Å²) in [7, 11) is 0. The van der Waals surface area contributed by atoms with Crippen molar-refractivity contribution >= 4 is 67.3 Å². The SMILES string of the molecule is Cc1ccc(N(c2ccc(C(C)(C)C)cc2)c2cc3c(c4occc24)-c2c(cc(N(c4ccc(C(C)(C)C)cc4)c4ccc(C)cn4)c4c2oc2ccccc24)C32c3ccccc3-c3ccc(F)cc32)nc1. The molecule has 7 aromatic carbocycles. The van der Waals surface area contributed by atoms with Crippen molar-refractivity contribution in [3.05, 3.63) is 227 Å². The molecular formula is C65H53FN4O2. The van der Waals surface area contributed by atoms with E-state index in [1.165, 1.54) is 11.1 Å². The van der Waals surface area contributed by atoms with Crippen molar-refractivity contribution in [3.63, 3.8) is 0 Å². The van der Waals surface area contributed by atoms with Crippen LogP contribution in [0, 0.1) is 19.7 Å². The molecule has 0 bridgehead atoms. The summed E-state index contributed by atoms with van der Waals surface area (Å²) < 4.78 is 30.7. The van der Waals surface area contributed by atoms with E-state index in [1.54, 1.807) is 18.4 Å². The summed E-state index contributed by atoms with van der Waals surface area (Å²) in [5.74, 6) is 1.21. The van der Waals surface area contributed by atoms with Crippen LogP contribution >= 0.6 is 0 Å². The van der Waals surface area contributed by atoms with Gasteiger partial charge in [-0.15, -0.1) is 0 Å². The standard InChI is InChI=1S/C65H53FN4O2/c1-38-17-29-56(67-36-38)69(43-24-19-40(20-25-43)63(3,4)5)53-34-51-59(61-47(53)31-32-71-61)60-52(65(51)49-15-11-9-13-45(49)46-28-23-42(66)33-50(46)65)35-54(58-48-14-10-12-16-55(48)72-62(58)60)70(57-30-18-39(2)37-68-57)44-26-21-41(22-27-44)64(6,7)8/h9-37H,1-8H3. The van der Waals surface area contributed by atoms with Crippen molar-refractivity contribution < 1.29 is 13.2 Å². The monoisotopic (exact) mass is 940 g/mol. The molecular weight excluding hydrogens is 888 g/mol. The first kappa shape index (κ1) is 43.7. The van der Waals surface area contributed by atoms with E-state index in [0.717, 1.165) is 112 Å². The average molecular weight is 941 g/mol. The van der Waals surface area contributed by atoms with E-state index in [4.69, 9.17) is 18.8 Å². The molecule has 1 atom stereocenters. The van der Waals surface area contributed by atoms with Crippen LogP contribution in [0.5, 0.6) is 0 Å². The Morgan fingerprint density at radius 2 is 1.06 bits per heavy atom. The van der Waals surface area contributed by atoms with Crippen molar-refractivity contribution in [2.24, 2.45) is 0 Å². The van der Waals surface area contributed by atoms with Crippen LogP contribution in [0.4, 0.5) is 38.8 Å². The Kier molecular flexibility index (Phi) is 9.47. The summed E-state index contributed by atoms with van der Waals surface area (Å²) in [6.45, 7) is 17.5. The lowest BCUT2D eigenvalue weighted by molar-refractivity contribution is 0.590. The number of aromatic nitrogens is 2. The van der Waals surface area contributed by atoms with Crippen molar-refractivity contribution in [3.8, 4) is 22.3 Å². The zero-order chi connectivity index (χ0) is 49.4. The van der Waals surface area contributed by atoms with Gasteiger partial charge < -0.3 is 8.83 Å². The smallest absolute Gasteiger partial charge is 0.145 e. The van der Waals surface area contributed by atoms with Gasteiger partial charge in [-0.1, -0.05) is 126 Å². The van der Waals surface area contributed by atoms with E-state index in [-0.39, 0.29) is 16.6 Å². The number of rotatable bonds is 6. The van der Waals surface area contributed by atoms with E-state index >= 15 is 4.39 Å². The molecule has 1 spiro atoms. The number of furan rings is 2. The second-order valence-corrected chi connectivity index (χ2v) is 21.7. The van der Waals surface area contributed by atoms with Crippen LogP contribution in [0.25, 0.3) is 55.2 Å². The Labute approximate surface area is 419 Å². The molecule has 0 N–H and O–H groups in total. The van der Waals surface area contributed by atoms with E-state index in [9.17, 15) is 0 Å². The van der Waals surface area contributed by atoms with Gasteiger partial charge in [0.15, 0.2) is 0 Å². The fraction of sp³-hybridized carbons (Fsp3) is 0.169. The van der Waals surface area contributed by atoms with Gasteiger partial charge in [-0.3, -0.25) is 9.80 Å². The van der Waals surface area contributed by atoms with Gasteiger partial charge in [0.1, 0.15) is 34.2 Å². The van der Waals surface area contributed by atoms with E-state index in [0.29, 0.717) is 11.2 Å². The number of para-hydroxylation sites is 1. The molecule has 1 unspecified atom stereocenters. The number of fused-ring (bicyclic) bond motifs is 16. The molecule has 352 valence electrons. The second kappa shape index (κ2) is 15.6. The lowest BCUT2D eigenvalue weighted by Crippen LogP contribution is -2.27. The third-order valence-electron chi connectivity index (χ3n) is 15.1. The quantitative estimate of drug-likeness (QED) is 0.166. The number of aryl methyl sites for hydroxylation is 2. The zero-order valence-corrected chi connectivity index (χ0v) is 41.7. The summed E-state index contributed by atoms with van der Waals surface area (Å²) in [4.78, 5) is 14.7. The highest BCUT2D eigenvalue weighted by molar-refractivity contribution is 6.22. The van der Waals surface area contributed by atoms with Crippen LogP contribution in [0.1, 0.15) is 86.1 Å². The molecule has 0 aliphatic heterocycles. The van der Waals surface area contributed by atoms with Crippen LogP contribution in [-0.2, 0) is 16.2 Å². The van der Waals surface area contributed by atoms with Crippen molar-refractivity contribution in [2.75, 3.05) is 9.80 Å². The molecule has 0 radical (unpaired) electrons. The fourth-order valence-corrected chi connectivity index (χ4v) is 11.6. The Hall–Kier alpha value is -8.29. The number of hydrogen-bond donors (Lipinski definition) is 0. The fourth-order valence-electron chi connectivity index (χ4n) is 11.6. The van der Waals surface area contributed by atoms with Crippen molar-refractivity contribution in [2.45, 2.75) is 71.6 Å². The summed E-state index contributed by atoms with van der Waals surface area (Å²) in [5, 5.41) is 2.81. The van der Waals surface area contributed by atoms with Crippen LogP contribution in [0.15, 0.2) is 185 Å². The Balaban J connectivity index is 1.20. The van der Waals surface area contributed by atoms with Gasteiger partial charge >= 0.3 is 0 Å². The molecule has 4 aromatic heterocycles. The van der Waals surface area contributed by atoms with Gasteiger partial charge in [-0.2, -0.15) is 0 Å². The molecule has 72 heavy (non-hydrogen) atoms. The highest BCUT2D eigenvalue weighted by Crippen LogP contribution is 2.67. The predicted octanol–water partition coefficient (Wildman–Crippen LogP) is 17.8. The van der Waals surface area contributed by atoms with Gasteiger partial charge in [0.05, 0.1) is 28.4 Å². The van der Waals surface area contributed by atoms with Gasteiger partial charge in [-0.25, -0.2) is 14.4 Å². The highest BCUT2D eigenvalue weighted by Gasteiger charge is 2.55. The largest absolute Gasteiger partial charge is 0.464 e. The van der Waals surface area contributed by atoms with Gasteiger partial charge in [0.25, 0.3) is 0 Å². The maximum atomic E-state index is 16.5. The van der Waals surface area contributed by atoms with E-state index < -0.39 is 5.41 Å². The highest BCUT2D eigenvalue weighted by atomic mass is 19.1. The summed E-state index contributed by atoms with van der Waals surface area (Å²) in [6, 6.07) is 54.9. The van der Waals surface area contributed by atoms with Crippen molar-refractivity contribution in [1.29, 1.82) is 0 Å². The molecule has 4 heterocycles. The number of halogens is 1. The molecule has 2 aliphatic carbocycles. The maximum Gasteiger partial charge on any atom is 0.145 e. The molecule has 7 heteroatoms. The molecule has 0 fully saturated rings. The Morgan fingerprint density at radius 1 is 0.500 bits per heavy atom. The van der Waals surface area contributed by atoms with Gasteiger partial charge in [-0.05, 0) is 153 Å². The van der Waals surface area contributed by atoms with Crippen LogP contribution in [0.3, 0.4) is 0 Å². The van der Waals surface area contributed by atoms with Crippen LogP contribution in [-0.4, -0.2) is 9.97 Å². The summed E-state index contributed by atoms with van der Waals surface area (Å²) >= 11 is 0.